The fraction of sp³-hybridized carbons (Fsp3) is 1.00. The van der Waals surface area contributed by atoms with Crippen molar-refractivity contribution in [3.8, 4) is 0 Å². The first-order valence-electron chi connectivity index (χ1n) is 9.67. The smallest absolute Gasteiger partial charge is 0.172 e. The summed E-state index contributed by atoms with van der Waals surface area (Å²) in [5, 5.41) is 0. The van der Waals surface area contributed by atoms with E-state index in [2.05, 4.69) is 20.0 Å². The summed E-state index contributed by atoms with van der Waals surface area (Å²) in [5.74, 6) is 0. The first kappa shape index (κ1) is 21.4. The minimum absolute atomic E-state index is 0.930. The maximum atomic E-state index is 5.73. The lowest BCUT2D eigenvalue weighted by Crippen LogP contribution is -2.28. The fourth-order valence-electron chi connectivity index (χ4n) is 2.85. The zero-order chi connectivity index (χ0) is 15.8. The van der Waals surface area contributed by atoms with Crippen LogP contribution in [0.2, 0.25) is 19.1 Å². The average Bonchev–Trinajstić information content (AvgIpc) is 2.47. The third-order valence-corrected chi connectivity index (χ3v) is 10.7. The summed E-state index contributed by atoms with van der Waals surface area (Å²) >= 11 is 0. The highest BCUT2D eigenvalue weighted by atomic mass is 28.4. The third-order valence-electron chi connectivity index (χ3n) is 4.68. The normalized spacial score (nSPS) is 12.1. The molecule has 0 aromatic heterocycles. The van der Waals surface area contributed by atoms with Crippen LogP contribution >= 0.6 is 0 Å². The van der Waals surface area contributed by atoms with E-state index in [0.29, 0.717) is 0 Å². The third kappa shape index (κ3) is 16.6. The van der Waals surface area contributed by atoms with Crippen LogP contribution in [0, 0.1) is 0 Å². The summed E-state index contributed by atoms with van der Waals surface area (Å²) in [4.78, 5) is 0. The molecule has 0 unspecified atom stereocenters. The van der Waals surface area contributed by atoms with Crippen molar-refractivity contribution in [1.29, 1.82) is 0 Å². The van der Waals surface area contributed by atoms with Gasteiger partial charge in [0.25, 0.3) is 0 Å². The molecule has 0 heterocycles. The highest BCUT2D eigenvalue weighted by Crippen LogP contribution is 2.17. The second kappa shape index (κ2) is 15.3. The van der Waals surface area contributed by atoms with Crippen molar-refractivity contribution in [3.63, 3.8) is 0 Å². The Morgan fingerprint density at radius 1 is 0.619 bits per heavy atom. The summed E-state index contributed by atoms with van der Waals surface area (Å²) in [5.41, 5.74) is 0. The minimum atomic E-state index is -1.22. The van der Waals surface area contributed by atoms with Crippen molar-refractivity contribution in [3.05, 3.63) is 0 Å². The Balaban J connectivity index is 3.06. The summed E-state index contributed by atoms with van der Waals surface area (Å²) in [7, 11) is -0.288. The molecular weight excluding hydrogens is 288 g/mol. The van der Waals surface area contributed by atoms with Crippen molar-refractivity contribution in [2.45, 2.75) is 116 Å². The van der Waals surface area contributed by atoms with Gasteiger partial charge in [-0.3, -0.25) is 0 Å². The van der Waals surface area contributed by atoms with Gasteiger partial charge in [0, 0.05) is 0 Å². The molecule has 0 amide bonds. The number of hydrogen-bond acceptors (Lipinski definition) is 1. The fourth-order valence-corrected chi connectivity index (χ4v) is 4.77. The van der Waals surface area contributed by atoms with Crippen LogP contribution in [-0.2, 0) is 4.12 Å². The molecule has 0 aliphatic carbocycles. The topological polar surface area (TPSA) is 9.23 Å². The first-order valence-corrected chi connectivity index (χ1v) is 13.6. The summed E-state index contributed by atoms with van der Waals surface area (Å²) in [6, 6.07) is 1.37. The number of hydrogen-bond donors (Lipinski definition) is 0. The van der Waals surface area contributed by atoms with Crippen molar-refractivity contribution in [2.24, 2.45) is 0 Å². The molecule has 0 radical (unpaired) electrons. The van der Waals surface area contributed by atoms with Gasteiger partial charge in [-0.05, 0) is 19.1 Å². The molecule has 0 fully saturated rings. The molecule has 0 aromatic rings. The first-order chi connectivity index (χ1) is 10.1. The van der Waals surface area contributed by atoms with E-state index in [9.17, 15) is 0 Å². The van der Waals surface area contributed by atoms with Gasteiger partial charge in [0.05, 0.1) is 0 Å². The van der Waals surface area contributed by atoms with Gasteiger partial charge in [0.2, 0.25) is 0 Å². The van der Waals surface area contributed by atoms with Gasteiger partial charge in [-0.2, -0.15) is 0 Å². The van der Waals surface area contributed by atoms with E-state index in [4.69, 9.17) is 4.12 Å². The second-order valence-corrected chi connectivity index (χ2v) is 13.0. The molecular formula is C18H42OSi2. The van der Waals surface area contributed by atoms with Crippen LogP contribution in [0.3, 0.4) is 0 Å². The molecule has 0 N–H and O–H groups in total. The maximum Gasteiger partial charge on any atom is 0.172 e. The zero-order valence-electron chi connectivity index (χ0n) is 15.5. The highest BCUT2D eigenvalue weighted by molar-refractivity contribution is 6.73. The molecule has 0 aliphatic heterocycles. The van der Waals surface area contributed by atoms with Crippen LogP contribution in [-0.4, -0.2) is 18.8 Å². The van der Waals surface area contributed by atoms with Gasteiger partial charge in [0.15, 0.2) is 8.32 Å². The molecule has 0 rings (SSSR count). The van der Waals surface area contributed by atoms with Gasteiger partial charge in [0.1, 0.15) is 10.5 Å². The Morgan fingerprint density at radius 2 is 0.952 bits per heavy atom. The van der Waals surface area contributed by atoms with Crippen molar-refractivity contribution in [2.75, 3.05) is 0 Å². The van der Waals surface area contributed by atoms with Crippen molar-refractivity contribution < 1.29 is 4.12 Å². The summed E-state index contributed by atoms with van der Waals surface area (Å²) in [6.07, 6.45) is 20.3. The predicted octanol–water partition coefficient (Wildman–Crippen LogP) is 5.97. The van der Waals surface area contributed by atoms with Gasteiger partial charge in [-0.1, -0.05) is 96.8 Å². The number of rotatable bonds is 16. The Hall–Kier alpha value is 0.394. The minimum Gasteiger partial charge on any atom is -0.463 e. The Kier molecular flexibility index (Phi) is 15.6. The summed E-state index contributed by atoms with van der Waals surface area (Å²) < 4.78 is 5.73. The molecule has 128 valence electrons. The van der Waals surface area contributed by atoms with Crippen LogP contribution in [0.5, 0.6) is 0 Å². The molecule has 0 saturated heterocycles. The van der Waals surface area contributed by atoms with Crippen LogP contribution in [0.1, 0.15) is 96.8 Å². The van der Waals surface area contributed by atoms with E-state index < -0.39 is 8.32 Å². The Bertz CT molecular complexity index is 207. The zero-order valence-corrected chi connectivity index (χ0v) is 18.5. The van der Waals surface area contributed by atoms with Crippen molar-refractivity contribution >= 4 is 18.8 Å². The molecule has 3 heteroatoms. The van der Waals surface area contributed by atoms with Crippen LogP contribution in [0.4, 0.5) is 0 Å². The van der Waals surface area contributed by atoms with Crippen LogP contribution in [0.25, 0.3) is 0 Å². The predicted molar refractivity (Wildman–Crippen MR) is 104 cm³/mol. The molecule has 0 bridgehead atoms. The quantitative estimate of drug-likeness (QED) is 0.250. The van der Waals surface area contributed by atoms with Crippen LogP contribution in [0.15, 0.2) is 0 Å². The SMILES string of the molecule is CCCCCCCCCCCCCCCC[Si](C)(C)O[SiH3]. The Labute approximate surface area is 139 Å². The maximum absolute atomic E-state index is 5.73. The monoisotopic (exact) mass is 330 g/mol. The molecule has 0 spiro atoms. The molecule has 1 nitrogen and oxygen atoms in total. The van der Waals surface area contributed by atoms with Gasteiger partial charge >= 0.3 is 0 Å². The largest absolute Gasteiger partial charge is 0.463 e. The number of unbranched alkanes of at least 4 members (excludes halogenated alkanes) is 13. The molecule has 0 aliphatic rings. The second-order valence-electron chi connectivity index (χ2n) is 7.31. The molecule has 0 atom stereocenters. The van der Waals surface area contributed by atoms with E-state index >= 15 is 0 Å². The summed E-state index contributed by atoms with van der Waals surface area (Å²) in [6.45, 7) is 7.02. The van der Waals surface area contributed by atoms with E-state index in [1.54, 1.807) is 0 Å². The van der Waals surface area contributed by atoms with E-state index in [0.717, 1.165) is 10.5 Å². The Morgan fingerprint density at radius 3 is 1.29 bits per heavy atom. The lowest BCUT2D eigenvalue weighted by atomic mass is 10.0. The van der Waals surface area contributed by atoms with E-state index in [1.807, 2.05) is 0 Å². The van der Waals surface area contributed by atoms with Gasteiger partial charge in [-0.25, -0.2) is 0 Å². The van der Waals surface area contributed by atoms with Gasteiger partial charge < -0.3 is 4.12 Å². The molecule has 0 aromatic carbocycles. The standard InChI is InChI=1S/C18H42OSi2/c1-4-5-6-7-8-9-10-11-12-13-14-15-16-17-18-21(2,3)19-20/h4-18H2,1-3,20H3. The van der Waals surface area contributed by atoms with E-state index in [1.165, 1.54) is 95.9 Å². The highest BCUT2D eigenvalue weighted by Gasteiger charge is 2.18. The molecule has 0 saturated carbocycles. The lowest BCUT2D eigenvalue weighted by molar-refractivity contribution is 0.535. The van der Waals surface area contributed by atoms with Gasteiger partial charge in [-0.15, -0.1) is 0 Å². The van der Waals surface area contributed by atoms with Crippen molar-refractivity contribution in [1.82, 2.24) is 0 Å². The van der Waals surface area contributed by atoms with Crippen LogP contribution < -0.4 is 0 Å². The average molecular weight is 331 g/mol. The lowest BCUT2D eigenvalue weighted by Gasteiger charge is -2.20. The molecule has 21 heavy (non-hydrogen) atoms. The van der Waals surface area contributed by atoms with E-state index in [-0.39, 0.29) is 0 Å².